The first kappa shape index (κ1) is 16.7. The number of hydrogen-bond acceptors (Lipinski definition) is 7. The summed E-state index contributed by atoms with van der Waals surface area (Å²) < 4.78 is 36.6. The molecule has 10 heteroatoms. The van der Waals surface area contributed by atoms with Gasteiger partial charge < -0.3 is 19.6 Å². The summed E-state index contributed by atoms with van der Waals surface area (Å²) >= 11 is 0. The molecule has 2 rings (SSSR count). The van der Waals surface area contributed by atoms with Gasteiger partial charge in [0.2, 0.25) is 5.82 Å². The van der Waals surface area contributed by atoms with E-state index in [1.807, 2.05) is 0 Å². The number of methoxy groups -OCH3 is 2. The van der Waals surface area contributed by atoms with Crippen molar-refractivity contribution < 1.29 is 22.8 Å². The van der Waals surface area contributed by atoms with Crippen LogP contribution in [0.15, 0.2) is 23.2 Å². The maximum absolute atomic E-state index is 12.9. The van der Waals surface area contributed by atoms with Crippen LogP contribution in [-0.2, 0) is 10.0 Å². The van der Waals surface area contributed by atoms with Gasteiger partial charge in [-0.2, -0.15) is 8.42 Å². The number of rotatable bonds is 5. The predicted octanol–water partition coefficient (Wildman–Crippen LogP) is 1.66. The van der Waals surface area contributed by atoms with Gasteiger partial charge in [0.25, 0.3) is 0 Å². The van der Waals surface area contributed by atoms with Crippen LogP contribution in [0.25, 0.3) is 0 Å². The third kappa shape index (κ3) is 2.72. The average Bonchev–Trinajstić information content (AvgIpc) is 2.89. The second-order valence-corrected chi connectivity index (χ2v) is 6.42. The summed E-state index contributed by atoms with van der Waals surface area (Å²) in [6, 6.07) is 2.76. The van der Waals surface area contributed by atoms with E-state index in [0.29, 0.717) is 15.3 Å². The largest absolute Gasteiger partial charge is 0.496 e. The fourth-order valence-electron chi connectivity index (χ4n) is 2.16. The highest BCUT2D eigenvalue weighted by atomic mass is 32.2. The number of imidazole rings is 1. The van der Waals surface area contributed by atoms with Crippen molar-refractivity contribution in [3.8, 4) is 11.5 Å². The minimum atomic E-state index is -4.29. The Balaban J connectivity index is 2.80. The lowest BCUT2D eigenvalue weighted by molar-refractivity contribution is -0.390. The smallest absolute Gasteiger partial charge is 0.358 e. The lowest BCUT2D eigenvalue weighted by Gasteiger charge is -2.12. The highest BCUT2D eigenvalue weighted by Crippen LogP contribution is 2.34. The van der Waals surface area contributed by atoms with Crippen molar-refractivity contribution in [1.82, 2.24) is 8.96 Å². The van der Waals surface area contributed by atoms with Gasteiger partial charge in [-0.15, -0.1) is 0 Å². The standard InChI is InChI=1S/C13H15N3O6S/c1-8-5-11(22-4)12(6-10(8)21-3)23(19,20)15-9(2)14-7-13(15)16(17)18/h5-7H,1-4H3. The summed E-state index contributed by atoms with van der Waals surface area (Å²) in [6.07, 6.45) is 0.894. The maximum Gasteiger partial charge on any atom is 0.358 e. The molecule has 0 saturated heterocycles. The van der Waals surface area contributed by atoms with Gasteiger partial charge in [-0.3, -0.25) is 0 Å². The topological polar surface area (TPSA) is 114 Å². The molecule has 2 aromatic rings. The second-order valence-electron chi connectivity index (χ2n) is 4.66. The number of aryl methyl sites for hydroxylation is 2. The maximum atomic E-state index is 12.9. The Morgan fingerprint density at radius 2 is 1.78 bits per heavy atom. The molecule has 23 heavy (non-hydrogen) atoms. The minimum absolute atomic E-state index is 0.0294. The van der Waals surface area contributed by atoms with Crippen molar-refractivity contribution in [3.63, 3.8) is 0 Å². The van der Waals surface area contributed by atoms with Crippen LogP contribution in [0.3, 0.4) is 0 Å². The van der Waals surface area contributed by atoms with Gasteiger partial charge in [-0.1, -0.05) is 3.97 Å². The zero-order valence-corrected chi connectivity index (χ0v) is 13.7. The normalized spacial score (nSPS) is 11.3. The van der Waals surface area contributed by atoms with E-state index in [1.54, 1.807) is 6.92 Å². The molecule has 0 saturated carbocycles. The third-order valence-corrected chi connectivity index (χ3v) is 5.06. The molecule has 0 amide bonds. The van der Waals surface area contributed by atoms with E-state index in [0.717, 1.165) is 6.20 Å². The number of nitrogens with zero attached hydrogens (tertiary/aromatic N) is 3. The first-order chi connectivity index (χ1) is 10.7. The molecule has 0 radical (unpaired) electrons. The molecule has 0 aliphatic carbocycles. The summed E-state index contributed by atoms with van der Waals surface area (Å²) in [7, 11) is -1.57. The zero-order chi connectivity index (χ0) is 17.4. The van der Waals surface area contributed by atoms with Gasteiger partial charge >= 0.3 is 15.8 Å². The van der Waals surface area contributed by atoms with E-state index in [-0.39, 0.29) is 16.5 Å². The molecule has 0 aliphatic heterocycles. The molecule has 0 N–H and O–H groups in total. The molecule has 0 unspecified atom stereocenters. The molecule has 1 aromatic heterocycles. The van der Waals surface area contributed by atoms with Gasteiger partial charge in [0.15, 0.2) is 4.90 Å². The monoisotopic (exact) mass is 341 g/mol. The first-order valence-electron chi connectivity index (χ1n) is 6.41. The quantitative estimate of drug-likeness (QED) is 0.600. The second kappa shape index (κ2) is 5.88. The van der Waals surface area contributed by atoms with Crippen molar-refractivity contribution >= 4 is 15.8 Å². The molecule has 9 nitrogen and oxygen atoms in total. The van der Waals surface area contributed by atoms with E-state index < -0.39 is 20.8 Å². The molecule has 1 aromatic carbocycles. The van der Waals surface area contributed by atoms with Gasteiger partial charge in [0.05, 0.1) is 14.2 Å². The van der Waals surface area contributed by atoms with Crippen LogP contribution in [0.4, 0.5) is 5.82 Å². The van der Waals surface area contributed by atoms with E-state index in [4.69, 9.17) is 9.47 Å². The van der Waals surface area contributed by atoms with E-state index in [1.165, 1.54) is 33.3 Å². The zero-order valence-electron chi connectivity index (χ0n) is 12.9. The number of aromatic nitrogens is 2. The van der Waals surface area contributed by atoms with Crippen molar-refractivity contribution in [1.29, 1.82) is 0 Å². The number of benzene rings is 1. The van der Waals surface area contributed by atoms with Gasteiger partial charge in [0, 0.05) is 13.0 Å². The Bertz CT molecular complexity index is 872. The van der Waals surface area contributed by atoms with Gasteiger partial charge in [-0.05, 0) is 23.5 Å². The summed E-state index contributed by atoms with van der Waals surface area (Å²) in [6.45, 7) is 3.09. The first-order valence-corrected chi connectivity index (χ1v) is 7.85. The Hall–Kier alpha value is -2.62. The van der Waals surface area contributed by atoms with Crippen molar-refractivity contribution in [2.24, 2.45) is 0 Å². The van der Waals surface area contributed by atoms with Crippen molar-refractivity contribution in [2.45, 2.75) is 18.7 Å². The molecular formula is C13H15N3O6S. The number of nitro groups is 1. The molecule has 1 heterocycles. The molecular weight excluding hydrogens is 326 g/mol. The van der Waals surface area contributed by atoms with Crippen LogP contribution in [0.2, 0.25) is 0 Å². The van der Waals surface area contributed by atoms with Crippen LogP contribution >= 0.6 is 0 Å². The van der Waals surface area contributed by atoms with E-state index in [2.05, 4.69) is 4.98 Å². The molecule has 0 spiro atoms. The lowest BCUT2D eigenvalue weighted by atomic mass is 10.2. The minimum Gasteiger partial charge on any atom is -0.496 e. The summed E-state index contributed by atoms with van der Waals surface area (Å²) in [5.74, 6) is -0.294. The molecule has 0 bridgehead atoms. The molecule has 124 valence electrons. The molecule has 0 fully saturated rings. The van der Waals surface area contributed by atoms with Crippen LogP contribution in [-0.4, -0.2) is 36.5 Å². The van der Waals surface area contributed by atoms with Crippen molar-refractivity contribution in [2.75, 3.05) is 14.2 Å². The summed E-state index contributed by atoms with van der Waals surface area (Å²) in [5, 5.41) is 11.1. The molecule has 0 aliphatic rings. The van der Waals surface area contributed by atoms with Crippen LogP contribution in [0, 0.1) is 24.0 Å². The van der Waals surface area contributed by atoms with Crippen LogP contribution < -0.4 is 9.47 Å². The summed E-state index contributed by atoms with van der Waals surface area (Å²) in [4.78, 5) is 13.7. The van der Waals surface area contributed by atoms with Crippen LogP contribution in [0.1, 0.15) is 11.4 Å². The fourth-order valence-corrected chi connectivity index (χ4v) is 3.77. The lowest BCUT2D eigenvalue weighted by Crippen LogP contribution is -2.17. The Morgan fingerprint density at radius 1 is 1.17 bits per heavy atom. The van der Waals surface area contributed by atoms with Crippen LogP contribution in [0.5, 0.6) is 11.5 Å². The summed E-state index contributed by atoms with van der Waals surface area (Å²) in [5.41, 5.74) is 0.667. The third-order valence-electron chi connectivity index (χ3n) is 3.26. The average molecular weight is 341 g/mol. The number of ether oxygens (including phenoxy) is 2. The highest BCUT2D eigenvalue weighted by Gasteiger charge is 2.34. The predicted molar refractivity (Wildman–Crippen MR) is 80.5 cm³/mol. The Kier molecular flexibility index (Phi) is 4.28. The molecule has 0 atom stereocenters. The number of hydrogen-bond donors (Lipinski definition) is 0. The van der Waals surface area contributed by atoms with E-state index >= 15 is 0 Å². The fraction of sp³-hybridized carbons (Fsp3) is 0.308. The highest BCUT2D eigenvalue weighted by molar-refractivity contribution is 7.90. The van der Waals surface area contributed by atoms with Gasteiger partial charge in [-0.25, -0.2) is 4.98 Å². The SMILES string of the molecule is COc1cc(S(=O)(=O)n2c([N+](=O)[O-])cnc2C)c(OC)cc1C. The Labute approximate surface area is 132 Å². The van der Waals surface area contributed by atoms with Crippen molar-refractivity contribution in [3.05, 3.63) is 39.8 Å². The van der Waals surface area contributed by atoms with Gasteiger partial charge in [0.1, 0.15) is 17.7 Å². The Morgan fingerprint density at radius 3 is 2.30 bits per heavy atom. The van der Waals surface area contributed by atoms with E-state index in [9.17, 15) is 18.5 Å².